The predicted molar refractivity (Wildman–Crippen MR) is 74.7 cm³/mol. The molecule has 3 rings (SSSR count). The maximum Gasteiger partial charge on any atom is 0.153 e. The third-order valence-electron chi connectivity index (χ3n) is 3.27. The first-order valence-electron chi connectivity index (χ1n) is 6.43. The second-order valence-corrected chi connectivity index (χ2v) is 4.68. The minimum atomic E-state index is -0.974. The average molecular weight is 291 g/mol. The summed E-state index contributed by atoms with van der Waals surface area (Å²) in [7, 11) is 0. The largest absolute Gasteiger partial charge is 0.399 e. The molecule has 0 spiro atoms. The van der Waals surface area contributed by atoms with Gasteiger partial charge in [0.05, 0.1) is 11.0 Å². The Labute approximate surface area is 118 Å². The molecule has 0 fully saturated rings. The van der Waals surface area contributed by atoms with Crippen molar-refractivity contribution in [3.05, 3.63) is 53.6 Å². The van der Waals surface area contributed by atoms with Gasteiger partial charge < -0.3 is 5.73 Å². The highest BCUT2D eigenvalue weighted by molar-refractivity contribution is 5.81. The fourth-order valence-electron chi connectivity index (χ4n) is 2.38. The Hall–Kier alpha value is -2.50. The van der Waals surface area contributed by atoms with Crippen LogP contribution in [0, 0.1) is 17.5 Å². The maximum absolute atomic E-state index is 14.0. The quantitative estimate of drug-likeness (QED) is 0.733. The van der Waals surface area contributed by atoms with E-state index in [-0.39, 0.29) is 5.69 Å². The first kappa shape index (κ1) is 13.5. The molecule has 0 aliphatic rings. The zero-order valence-electron chi connectivity index (χ0n) is 11.2. The zero-order valence-corrected chi connectivity index (χ0v) is 11.2. The molecule has 0 unspecified atom stereocenters. The van der Waals surface area contributed by atoms with Crippen molar-refractivity contribution >= 4 is 16.7 Å². The summed E-state index contributed by atoms with van der Waals surface area (Å²) >= 11 is 0. The van der Waals surface area contributed by atoms with Gasteiger partial charge in [0.2, 0.25) is 0 Å². The van der Waals surface area contributed by atoms with Gasteiger partial charge >= 0.3 is 0 Å². The number of aryl methyl sites for hydroxylation is 1. The maximum atomic E-state index is 14.0. The van der Waals surface area contributed by atoms with Crippen LogP contribution in [0.5, 0.6) is 0 Å². The van der Waals surface area contributed by atoms with Gasteiger partial charge in [-0.3, -0.25) is 4.57 Å². The van der Waals surface area contributed by atoms with E-state index in [0.29, 0.717) is 41.1 Å². The lowest BCUT2D eigenvalue weighted by atomic mass is 10.2. The van der Waals surface area contributed by atoms with Crippen molar-refractivity contribution in [2.45, 2.75) is 13.3 Å². The van der Waals surface area contributed by atoms with Crippen LogP contribution >= 0.6 is 0 Å². The molecule has 1 aromatic heterocycles. The lowest BCUT2D eigenvalue weighted by molar-refractivity contribution is 0.533. The van der Waals surface area contributed by atoms with Crippen LogP contribution in [0.25, 0.3) is 16.7 Å². The van der Waals surface area contributed by atoms with E-state index < -0.39 is 17.5 Å². The van der Waals surface area contributed by atoms with Gasteiger partial charge in [0.1, 0.15) is 17.3 Å². The minimum Gasteiger partial charge on any atom is -0.399 e. The number of nitrogen functional groups attached to an aromatic ring is 1. The van der Waals surface area contributed by atoms with Gasteiger partial charge in [-0.1, -0.05) is 6.92 Å². The fourth-order valence-corrected chi connectivity index (χ4v) is 2.38. The molecule has 1 heterocycles. The second kappa shape index (κ2) is 4.80. The second-order valence-electron chi connectivity index (χ2n) is 4.68. The number of hydrogen-bond donors (Lipinski definition) is 1. The zero-order chi connectivity index (χ0) is 15.1. The molecule has 0 amide bonds. The standard InChI is InChI=1S/C15H12F3N3/c1-2-14-20-12-7-9(19)3-4-13(12)21(14)15-10(17)5-8(16)6-11(15)18/h3-7H,2,19H2,1H3. The van der Waals surface area contributed by atoms with Crippen LogP contribution in [-0.4, -0.2) is 9.55 Å². The monoisotopic (exact) mass is 291 g/mol. The number of nitrogens with two attached hydrogens (primary N) is 1. The lowest BCUT2D eigenvalue weighted by Gasteiger charge is -2.10. The van der Waals surface area contributed by atoms with E-state index >= 15 is 0 Å². The smallest absolute Gasteiger partial charge is 0.153 e. The Morgan fingerprint density at radius 2 is 1.76 bits per heavy atom. The summed E-state index contributed by atoms with van der Waals surface area (Å²) in [6.07, 6.45) is 0.463. The van der Waals surface area contributed by atoms with E-state index in [1.54, 1.807) is 18.2 Å². The number of nitrogens with zero attached hydrogens (tertiary/aromatic N) is 2. The Balaban J connectivity index is 2.39. The van der Waals surface area contributed by atoms with Crippen molar-refractivity contribution in [2.75, 3.05) is 5.73 Å². The van der Waals surface area contributed by atoms with Crippen LogP contribution < -0.4 is 5.73 Å². The number of hydrogen-bond acceptors (Lipinski definition) is 2. The molecule has 3 nitrogen and oxygen atoms in total. The van der Waals surface area contributed by atoms with Gasteiger partial charge in [-0.15, -0.1) is 0 Å². The van der Waals surface area contributed by atoms with Gasteiger partial charge in [0, 0.05) is 24.2 Å². The van der Waals surface area contributed by atoms with Crippen molar-refractivity contribution in [3.63, 3.8) is 0 Å². The fraction of sp³-hybridized carbons (Fsp3) is 0.133. The molecular formula is C15H12F3N3. The van der Waals surface area contributed by atoms with Crippen LogP contribution in [0.3, 0.4) is 0 Å². The molecule has 2 N–H and O–H groups in total. The topological polar surface area (TPSA) is 43.8 Å². The summed E-state index contributed by atoms with van der Waals surface area (Å²) in [5.41, 5.74) is 6.93. The first-order valence-corrected chi connectivity index (χ1v) is 6.43. The molecule has 3 aromatic rings. The molecule has 0 saturated carbocycles. The molecule has 6 heteroatoms. The van der Waals surface area contributed by atoms with Gasteiger partial charge in [-0.2, -0.15) is 0 Å². The highest BCUT2D eigenvalue weighted by atomic mass is 19.1. The van der Waals surface area contributed by atoms with Crippen molar-refractivity contribution in [3.8, 4) is 5.69 Å². The summed E-state index contributed by atoms with van der Waals surface area (Å²) in [6, 6.07) is 6.20. The van der Waals surface area contributed by atoms with Crippen molar-refractivity contribution in [2.24, 2.45) is 0 Å². The summed E-state index contributed by atoms with van der Waals surface area (Å²) in [5.74, 6) is -2.43. The van der Waals surface area contributed by atoms with E-state index in [2.05, 4.69) is 4.98 Å². The molecule has 0 radical (unpaired) electrons. The average Bonchev–Trinajstić information content (AvgIpc) is 2.75. The SMILES string of the molecule is CCc1nc2cc(N)ccc2n1-c1c(F)cc(F)cc1F. The highest BCUT2D eigenvalue weighted by Gasteiger charge is 2.19. The Morgan fingerprint density at radius 1 is 1.10 bits per heavy atom. The Bertz CT molecular complexity index is 817. The van der Waals surface area contributed by atoms with Crippen LogP contribution in [0.2, 0.25) is 0 Å². The Kier molecular flexibility index (Phi) is 3.08. The summed E-state index contributed by atoms with van der Waals surface area (Å²) in [4.78, 5) is 4.33. The predicted octanol–water partition coefficient (Wildman–Crippen LogP) is 3.59. The van der Waals surface area contributed by atoms with E-state index in [9.17, 15) is 13.2 Å². The summed E-state index contributed by atoms with van der Waals surface area (Å²) < 4.78 is 42.5. The van der Waals surface area contributed by atoms with E-state index in [1.165, 1.54) is 4.57 Å². The molecule has 0 aliphatic heterocycles. The molecule has 2 aromatic carbocycles. The number of fused-ring (bicyclic) bond motifs is 1. The molecule has 0 aliphatic carbocycles. The van der Waals surface area contributed by atoms with Gasteiger partial charge in [-0.25, -0.2) is 18.2 Å². The van der Waals surface area contributed by atoms with Crippen LogP contribution in [-0.2, 0) is 6.42 Å². The summed E-state index contributed by atoms with van der Waals surface area (Å²) in [6.45, 7) is 1.82. The molecule has 21 heavy (non-hydrogen) atoms. The third-order valence-corrected chi connectivity index (χ3v) is 3.27. The first-order chi connectivity index (χ1) is 10.0. The minimum absolute atomic E-state index is 0.333. The van der Waals surface area contributed by atoms with Crippen LogP contribution in [0.1, 0.15) is 12.7 Å². The van der Waals surface area contributed by atoms with Crippen molar-refractivity contribution in [1.29, 1.82) is 0 Å². The molecular weight excluding hydrogens is 279 g/mol. The normalized spacial score (nSPS) is 11.2. The number of imidazole rings is 1. The van der Waals surface area contributed by atoms with Crippen LogP contribution in [0.4, 0.5) is 18.9 Å². The third kappa shape index (κ3) is 2.12. The number of halogens is 3. The van der Waals surface area contributed by atoms with Gasteiger partial charge in [0.25, 0.3) is 0 Å². The molecule has 0 atom stereocenters. The Morgan fingerprint density at radius 3 is 2.38 bits per heavy atom. The molecule has 0 bridgehead atoms. The van der Waals surface area contributed by atoms with Gasteiger partial charge in [0.15, 0.2) is 11.6 Å². The molecule has 0 saturated heterocycles. The number of benzene rings is 2. The number of anilines is 1. The van der Waals surface area contributed by atoms with E-state index in [1.807, 2.05) is 6.92 Å². The van der Waals surface area contributed by atoms with Crippen LogP contribution in [0.15, 0.2) is 30.3 Å². The van der Waals surface area contributed by atoms with Crippen molar-refractivity contribution in [1.82, 2.24) is 9.55 Å². The van der Waals surface area contributed by atoms with Crippen molar-refractivity contribution < 1.29 is 13.2 Å². The van der Waals surface area contributed by atoms with Gasteiger partial charge in [-0.05, 0) is 18.2 Å². The van der Waals surface area contributed by atoms with E-state index in [4.69, 9.17) is 5.73 Å². The number of aromatic nitrogens is 2. The van der Waals surface area contributed by atoms with E-state index in [0.717, 1.165) is 0 Å². The highest BCUT2D eigenvalue weighted by Crippen LogP contribution is 2.27. The lowest BCUT2D eigenvalue weighted by Crippen LogP contribution is -2.06. The summed E-state index contributed by atoms with van der Waals surface area (Å²) in [5, 5.41) is 0. The molecule has 108 valence electrons. The number of rotatable bonds is 2.